The van der Waals surface area contributed by atoms with Gasteiger partial charge in [-0.2, -0.15) is 0 Å². The van der Waals surface area contributed by atoms with Crippen molar-refractivity contribution >= 4 is 6.09 Å². The van der Waals surface area contributed by atoms with Crippen molar-refractivity contribution in [2.24, 2.45) is 5.92 Å². The number of hydrogen-bond acceptors (Lipinski definition) is 2. The SMILES string of the molecule is CC12CCC(CC1O)CN2C(=O)O. The monoisotopic (exact) mass is 185 g/mol. The third-order valence-corrected chi connectivity index (χ3v) is 3.62. The molecule has 1 amide bonds. The van der Waals surface area contributed by atoms with E-state index in [1.54, 1.807) is 0 Å². The van der Waals surface area contributed by atoms with Crippen LogP contribution in [0.2, 0.25) is 0 Å². The fourth-order valence-corrected chi connectivity index (χ4v) is 2.59. The van der Waals surface area contributed by atoms with Gasteiger partial charge in [0.2, 0.25) is 0 Å². The van der Waals surface area contributed by atoms with Crippen LogP contribution in [0, 0.1) is 5.92 Å². The second-order valence-electron chi connectivity index (χ2n) is 4.41. The maximum Gasteiger partial charge on any atom is 0.407 e. The molecular formula is C9H15NO3. The van der Waals surface area contributed by atoms with Crippen molar-refractivity contribution in [1.29, 1.82) is 0 Å². The molecule has 2 bridgehead atoms. The van der Waals surface area contributed by atoms with Gasteiger partial charge < -0.3 is 15.1 Å². The first-order valence-electron chi connectivity index (χ1n) is 4.72. The van der Waals surface area contributed by atoms with E-state index in [4.69, 9.17) is 5.11 Å². The van der Waals surface area contributed by atoms with E-state index >= 15 is 0 Å². The Morgan fingerprint density at radius 3 is 2.77 bits per heavy atom. The highest BCUT2D eigenvalue weighted by atomic mass is 16.4. The summed E-state index contributed by atoms with van der Waals surface area (Å²) in [7, 11) is 0. The zero-order valence-electron chi connectivity index (χ0n) is 7.73. The Morgan fingerprint density at radius 2 is 2.31 bits per heavy atom. The molecular weight excluding hydrogens is 170 g/mol. The molecule has 4 nitrogen and oxygen atoms in total. The van der Waals surface area contributed by atoms with E-state index < -0.39 is 17.7 Å². The molecule has 74 valence electrons. The van der Waals surface area contributed by atoms with Crippen LogP contribution in [0.4, 0.5) is 4.79 Å². The molecule has 4 heteroatoms. The number of aliphatic hydroxyl groups excluding tert-OH is 1. The highest BCUT2D eigenvalue weighted by Gasteiger charge is 2.50. The highest BCUT2D eigenvalue weighted by Crippen LogP contribution is 2.42. The lowest BCUT2D eigenvalue weighted by Crippen LogP contribution is -2.65. The molecule has 0 spiro atoms. The van der Waals surface area contributed by atoms with E-state index in [2.05, 4.69) is 0 Å². The second kappa shape index (κ2) is 2.61. The van der Waals surface area contributed by atoms with E-state index in [-0.39, 0.29) is 0 Å². The van der Waals surface area contributed by atoms with Gasteiger partial charge in [-0.05, 0) is 32.1 Å². The third-order valence-electron chi connectivity index (χ3n) is 3.62. The maximum atomic E-state index is 10.9. The largest absolute Gasteiger partial charge is 0.465 e. The first kappa shape index (κ1) is 8.81. The molecule has 0 aromatic rings. The van der Waals surface area contributed by atoms with E-state index in [0.717, 1.165) is 19.3 Å². The maximum absolute atomic E-state index is 10.9. The number of amides is 1. The van der Waals surface area contributed by atoms with Crippen LogP contribution in [0.25, 0.3) is 0 Å². The first-order valence-corrected chi connectivity index (χ1v) is 4.72. The zero-order chi connectivity index (χ0) is 9.64. The smallest absolute Gasteiger partial charge is 0.407 e. The summed E-state index contributed by atoms with van der Waals surface area (Å²) in [5, 5.41) is 18.7. The van der Waals surface area contributed by atoms with E-state index in [9.17, 15) is 9.90 Å². The summed E-state index contributed by atoms with van der Waals surface area (Å²) in [6, 6.07) is 0. The minimum Gasteiger partial charge on any atom is -0.465 e. The van der Waals surface area contributed by atoms with Crippen LogP contribution in [0.3, 0.4) is 0 Å². The van der Waals surface area contributed by atoms with E-state index in [0.29, 0.717) is 12.5 Å². The van der Waals surface area contributed by atoms with Crippen LogP contribution in [0.1, 0.15) is 26.2 Å². The molecule has 3 aliphatic rings. The van der Waals surface area contributed by atoms with Gasteiger partial charge in [0.05, 0.1) is 11.6 Å². The average molecular weight is 185 g/mol. The van der Waals surface area contributed by atoms with Gasteiger partial charge in [-0.1, -0.05) is 0 Å². The number of aliphatic hydroxyl groups is 1. The van der Waals surface area contributed by atoms with Crippen LogP contribution < -0.4 is 0 Å². The normalized spacial score (nSPS) is 43.7. The zero-order valence-corrected chi connectivity index (χ0v) is 7.73. The number of nitrogens with zero attached hydrogens (tertiary/aromatic N) is 1. The molecule has 0 radical (unpaired) electrons. The minimum atomic E-state index is -0.897. The molecule has 3 unspecified atom stereocenters. The first-order chi connectivity index (χ1) is 6.04. The van der Waals surface area contributed by atoms with Gasteiger partial charge in [-0.3, -0.25) is 0 Å². The summed E-state index contributed by atoms with van der Waals surface area (Å²) in [6.45, 7) is 2.45. The third kappa shape index (κ3) is 1.12. The Kier molecular flexibility index (Phi) is 1.77. The lowest BCUT2D eigenvalue weighted by Gasteiger charge is -2.54. The molecule has 1 aliphatic carbocycles. The van der Waals surface area contributed by atoms with Gasteiger partial charge >= 0.3 is 6.09 Å². The Balaban J connectivity index is 2.27. The Hall–Kier alpha value is -0.770. The summed E-state index contributed by atoms with van der Waals surface area (Å²) in [4.78, 5) is 12.3. The minimum absolute atomic E-state index is 0.368. The van der Waals surface area contributed by atoms with Gasteiger partial charge in [-0.15, -0.1) is 0 Å². The number of piperidine rings is 2. The van der Waals surface area contributed by atoms with Crippen LogP contribution in [-0.4, -0.2) is 39.4 Å². The molecule has 3 atom stereocenters. The summed E-state index contributed by atoms with van der Waals surface area (Å²) < 4.78 is 0. The summed E-state index contributed by atoms with van der Waals surface area (Å²) in [5.41, 5.74) is -0.527. The highest BCUT2D eigenvalue weighted by molar-refractivity contribution is 5.66. The van der Waals surface area contributed by atoms with Crippen LogP contribution in [0.15, 0.2) is 0 Å². The van der Waals surface area contributed by atoms with Gasteiger partial charge in [0.25, 0.3) is 0 Å². The van der Waals surface area contributed by atoms with Gasteiger partial charge in [0.1, 0.15) is 0 Å². The molecule has 1 saturated carbocycles. The van der Waals surface area contributed by atoms with Crippen molar-refractivity contribution in [3.05, 3.63) is 0 Å². The van der Waals surface area contributed by atoms with Crippen molar-refractivity contribution in [1.82, 2.24) is 4.90 Å². The fraction of sp³-hybridized carbons (Fsp3) is 0.889. The molecule has 2 saturated heterocycles. The lowest BCUT2D eigenvalue weighted by molar-refractivity contribution is -0.0996. The number of carboxylic acid groups (broad SMARTS) is 1. The number of fused-ring (bicyclic) bond motifs is 3. The predicted octanol–water partition coefficient (Wildman–Crippen LogP) is 0.900. The molecule has 3 rings (SSSR count). The molecule has 0 aromatic heterocycles. The summed E-state index contributed by atoms with van der Waals surface area (Å²) in [5.74, 6) is 0.368. The van der Waals surface area contributed by atoms with Gasteiger partial charge in [-0.25, -0.2) is 4.79 Å². The van der Waals surface area contributed by atoms with Crippen LogP contribution in [-0.2, 0) is 0 Å². The Morgan fingerprint density at radius 1 is 1.62 bits per heavy atom. The van der Waals surface area contributed by atoms with Gasteiger partial charge in [0.15, 0.2) is 0 Å². The van der Waals surface area contributed by atoms with Crippen molar-refractivity contribution in [3.63, 3.8) is 0 Å². The molecule has 2 aliphatic heterocycles. The van der Waals surface area contributed by atoms with Crippen molar-refractivity contribution in [2.45, 2.75) is 37.8 Å². The van der Waals surface area contributed by atoms with E-state index in [1.807, 2.05) is 6.92 Å². The average Bonchev–Trinajstić information content (AvgIpc) is 2.06. The molecule has 3 fully saturated rings. The number of hydrogen-bond donors (Lipinski definition) is 2. The van der Waals surface area contributed by atoms with Crippen molar-refractivity contribution in [3.8, 4) is 0 Å². The summed E-state index contributed by atoms with van der Waals surface area (Å²) >= 11 is 0. The number of rotatable bonds is 0. The standard InChI is InChI=1S/C9H15NO3/c1-9-3-2-6(4-7(9)11)5-10(9)8(12)13/h6-7,11H,2-5H2,1H3,(H,12,13). The lowest BCUT2D eigenvalue weighted by atomic mass is 9.70. The van der Waals surface area contributed by atoms with Gasteiger partial charge in [0, 0.05) is 6.54 Å². The van der Waals surface area contributed by atoms with Crippen LogP contribution in [0.5, 0.6) is 0 Å². The molecule has 2 N–H and O–H groups in total. The predicted molar refractivity (Wildman–Crippen MR) is 46.5 cm³/mol. The topological polar surface area (TPSA) is 60.8 Å². The molecule has 2 heterocycles. The fourth-order valence-electron chi connectivity index (χ4n) is 2.59. The van der Waals surface area contributed by atoms with Crippen LogP contribution >= 0.6 is 0 Å². The Labute approximate surface area is 77.2 Å². The summed E-state index contributed by atoms with van der Waals surface area (Å²) in [6.07, 6.45) is 1.24. The second-order valence-corrected chi connectivity index (χ2v) is 4.41. The van der Waals surface area contributed by atoms with Crippen molar-refractivity contribution in [2.75, 3.05) is 6.54 Å². The van der Waals surface area contributed by atoms with E-state index in [1.165, 1.54) is 4.90 Å². The molecule has 13 heavy (non-hydrogen) atoms. The van der Waals surface area contributed by atoms with Crippen molar-refractivity contribution < 1.29 is 15.0 Å². The quantitative estimate of drug-likeness (QED) is 0.589. The number of carbonyl (C=O) groups is 1. The Bertz CT molecular complexity index is 243. The molecule has 0 aromatic carbocycles.